The van der Waals surface area contributed by atoms with Gasteiger partial charge < -0.3 is 5.32 Å². The van der Waals surface area contributed by atoms with Gasteiger partial charge in [0.1, 0.15) is 0 Å². The van der Waals surface area contributed by atoms with Crippen molar-refractivity contribution in [2.45, 2.75) is 13.5 Å². The van der Waals surface area contributed by atoms with E-state index in [-0.39, 0.29) is 5.91 Å². The highest BCUT2D eigenvalue weighted by Crippen LogP contribution is 2.17. The van der Waals surface area contributed by atoms with E-state index in [9.17, 15) is 4.79 Å². The zero-order chi connectivity index (χ0) is 13.0. The van der Waals surface area contributed by atoms with E-state index < -0.39 is 0 Å². The molecule has 1 aromatic carbocycles. The molecule has 1 heterocycles. The van der Waals surface area contributed by atoms with E-state index in [1.165, 1.54) is 0 Å². The Kier molecular flexibility index (Phi) is 4.09. The molecule has 0 aliphatic carbocycles. The van der Waals surface area contributed by atoms with Crippen LogP contribution in [0.15, 0.2) is 35.1 Å². The molecule has 0 fully saturated rings. The zero-order valence-corrected chi connectivity index (χ0v) is 11.5. The number of amides is 1. The van der Waals surface area contributed by atoms with Crippen LogP contribution in [0.5, 0.6) is 0 Å². The monoisotopic (exact) mass is 308 g/mol. The van der Waals surface area contributed by atoms with Gasteiger partial charge in [-0.15, -0.1) is 5.10 Å². The van der Waals surface area contributed by atoms with Crippen LogP contribution < -0.4 is 5.32 Å². The average molecular weight is 309 g/mol. The summed E-state index contributed by atoms with van der Waals surface area (Å²) >= 11 is 3.41. The predicted molar refractivity (Wildman–Crippen MR) is 71.2 cm³/mol. The number of rotatable bonds is 4. The molecule has 0 unspecified atom stereocenters. The third-order valence-electron chi connectivity index (χ3n) is 2.53. The maximum Gasteiger partial charge on any atom is 0.251 e. The summed E-state index contributed by atoms with van der Waals surface area (Å²) < 4.78 is 2.61. The van der Waals surface area contributed by atoms with Crippen LogP contribution >= 0.6 is 15.9 Å². The Morgan fingerprint density at radius 3 is 3.00 bits per heavy atom. The Morgan fingerprint density at radius 1 is 1.50 bits per heavy atom. The zero-order valence-electron chi connectivity index (χ0n) is 9.93. The maximum absolute atomic E-state index is 11.9. The Labute approximate surface area is 113 Å². The molecule has 6 heteroatoms. The molecule has 1 aromatic heterocycles. The van der Waals surface area contributed by atoms with Crippen molar-refractivity contribution in [1.82, 2.24) is 20.3 Å². The molecule has 94 valence electrons. The van der Waals surface area contributed by atoms with E-state index in [0.29, 0.717) is 18.7 Å². The summed E-state index contributed by atoms with van der Waals surface area (Å²) in [6.07, 6.45) is 3.37. The lowest BCUT2D eigenvalue weighted by Crippen LogP contribution is -2.27. The molecule has 0 bridgehead atoms. The van der Waals surface area contributed by atoms with Crippen molar-refractivity contribution < 1.29 is 4.79 Å². The number of benzene rings is 1. The van der Waals surface area contributed by atoms with Crippen molar-refractivity contribution in [1.29, 1.82) is 0 Å². The quantitative estimate of drug-likeness (QED) is 0.936. The molecular formula is C12H13BrN4O. The van der Waals surface area contributed by atoms with Crippen LogP contribution in [0.4, 0.5) is 0 Å². The Hall–Kier alpha value is -1.69. The highest BCUT2D eigenvalue weighted by atomic mass is 79.9. The number of aryl methyl sites for hydroxylation is 1. The minimum atomic E-state index is -0.0872. The fourth-order valence-electron chi connectivity index (χ4n) is 1.47. The molecule has 2 rings (SSSR count). The van der Waals surface area contributed by atoms with Gasteiger partial charge in [0.15, 0.2) is 0 Å². The molecule has 0 saturated carbocycles. The summed E-state index contributed by atoms with van der Waals surface area (Å²) in [5.41, 5.74) is 1.75. The van der Waals surface area contributed by atoms with Crippen molar-refractivity contribution >= 4 is 21.8 Å². The number of carbonyl (C=O) groups excluding carboxylic acids is 1. The smallest absolute Gasteiger partial charge is 0.251 e. The first-order valence-corrected chi connectivity index (χ1v) is 6.34. The van der Waals surface area contributed by atoms with Gasteiger partial charge in [0.2, 0.25) is 0 Å². The normalized spacial score (nSPS) is 10.3. The van der Waals surface area contributed by atoms with E-state index >= 15 is 0 Å². The lowest BCUT2D eigenvalue weighted by atomic mass is 10.1. The van der Waals surface area contributed by atoms with Gasteiger partial charge in [-0.2, -0.15) is 0 Å². The third-order valence-corrected chi connectivity index (χ3v) is 3.39. The minimum Gasteiger partial charge on any atom is -0.350 e. The number of nitrogens with one attached hydrogen (secondary N) is 1. The van der Waals surface area contributed by atoms with E-state index in [2.05, 4.69) is 31.6 Å². The first kappa shape index (κ1) is 12.8. The molecule has 18 heavy (non-hydrogen) atoms. The van der Waals surface area contributed by atoms with Crippen LogP contribution in [0.2, 0.25) is 0 Å². The summed E-state index contributed by atoms with van der Waals surface area (Å²) in [6.45, 7) is 3.11. The fourth-order valence-corrected chi connectivity index (χ4v) is 1.85. The molecule has 5 nitrogen and oxygen atoms in total. The molecular weight excluding hydrogens is 296 g/mol. The van der Waals surface area contributed by atoms with Crippen molar-refractivity contribution in [3.63, 3.8) is 0 Å². The number of hydrogen-bond donors (Lipinski definition) is 1. The van der Waals surface area contributed by atoms with Crippen LogP contribution in [0.3, 0.4) is 0 Å². The van der Waals surface area contributed by atoms with Gasteiger partial charge in [0, 0.05) is 22.8 Å². The summed E-state index contributed by atoms with van der Waals surface area (Å²) in [4.78, 5) is 11.9. The van der Waals surface area contributed by atoms with Gasteiger partial charge in [-0.25, -0.2) is 0 Å². The third kappa shape index (κ3) is 3.16. The lowest BCUT2D eigenvalue weighted by Gasteiger charge is -2.06. The molecule has 1 amide bonds. The van der Waals surface area contributed by atoms with Gasteiger partial charge in [-0.05, 0) is 24.6 Å². The van der Waals surface area contributed by atoms with Crippen LogP contribution in [-0.4, -0.2) is 27.4 Å². The second-order valence-electron chi connectivity index (χ2n) is 3.89. The fraction of sp³-hybridized carbons (Fsp3) is 0.250. The first-order chi connectivity index (χ1) is 8.66. The number of aromatic nitrogens is 3. The van der Waals surface area contributed by atoms with Gasteiger partial charge in [-0.1, -0.05) is 27.2 Å². The summed E-state index contributed by atoms with van der Waals surface area (Å²) in [7, 11) is 0. The summed E-state index contributed by atoms with van der Waals surface area (Å²) in [6, 6.07) is 5.54. The van der Waals surface area contributed by atoms with Gasteiger partial charge >= 0.3 is 0 Å². The van der Waals surface area contributed by atoms with Crippen molar-refractivity contribution in [3.8, 4) is 0 Å². The summed E-state index contributed by atoms with van der Waals surface area (Å²) in [5, 5.41) is 10.3. The van der Waals surface area contributed by atoms with Gasteiger partial charge in [0.05, 0.1) is 12.7 Å². The maximum atomic E-state index is 11.9. The van der Waals surface area contributed by atoms with E-state index in [1.54, 1.807) is 17.1 Å². The number of nitrogens with zero attached hydrogens (tertiary/aromatic N) is 3. The van der Waals surface area contributed by atoms with Crippen LogP contribution in [0.1, 0.15) is 15.9 Å². The van der Waals surface area contributed by atoms with Crippen molar-refractivity contribution in [2.24, 2.45) is 0 Å². The topological polar surface area (TPSA) is 59.8 Å². The molecule has 0 radical (unpaired) electrons. The Morgan fingerprint density at radius 2 is 2.33 bits per heavy atom. The largest absolute Gasteiger partial charge is 0.350 e. The van der Waals surface area contributed by atoms with Crippen LogP contribution in [0, 0.1) is 6.92 Å². The highest BCUT2D eigenvalue weighted by Gasteiger charge is 2.06. The Balaban J connectivity index is 1.89. The Bertz CT molecular complexity index is 539. The van der Waals surface area contributed by atoms with Crippen LogP contribution in [-0.2, 0) is 6.54 Å². The number of hydrogen-bond acceptors (Lipinski definition) is 3. The molecule has 0 saturated heterocycles. The number of carbonyl (C=O) groups is 1. The highest BCUT2D eigenvalue weighted by molar-refractivity contribution is 9.10. The first-order valence-electron chi connectivity index (χ1n) is 5.55. The van der Waals surface area contributed by atoms with Gasteiger partial charge in [-0.3, -0.25) is 9.48 Å². The molecule has 1 N–H and O–H groups in total. The standard InChI is InChI=1S/C12H13BrN4O/c1-9-2-3-10(8-11(9)13)12(18)14-4-6-17-7-5-15-16-17/h2-3,5,7-8H,4,6H2,1H3,(H,14,18). The predicted octanol–water partition coefficient (Wildman–Crippen LogP) is 1.78. The van der Waals surface area contributed by atoms with Gasteiger partial charge in [0.25, 0.3) is 5.91 Å². The van der Waals surface area contributed by atoms with Crippen molar-refractivity contribution in [3.05, 3.63) is 46.2 Å². The van der Waals surface area contributed by atoms with E-state index in [1.807, 2.05) is 25.1 Å². The van der Waals surface area contributed by atoms with E-state index in [4.69, 9.17) is 0 Å². The second kappa shape index (κ2) is 5.77. The average Bonchev–Trinajstić information content (AvgIpc) is 2.85. The lowest BCUT2D eigenvalue weighted by molar-refractivity contribution is 0.0952. The van der Waals surface area contributed by atoms with Crippen molar-refractivity contribution in [2.75, 3.05) is 6.54 Å². The van der Waals surface area contributed by atoms with Crippen LogP contribution in [0.25, 0.3) is 0 Å². The van der Waals surface area contributed by atoms with E-state index in [0.717, 1.165) is 10.0 Å². The summed E-state index contributed by atoms with van der Waals surface area (Å²) in [5.74, 6) is -0.0872. The second-order valence-corrected chi connectivity index (χ2v) is 4.74. The molecule has 2 aromatic rings. The molecule has 0 aliphatic heterocycles. The minimum absolute atomic E-state index is 0.0872. The molecule has 0 atom stereocenters. The molecule has 0 aliphatic rings. The SMILES string of the molecule is Cc1ccc(C(=O)NCCn2ccnn2)cc1Br. The molecule has 0 spiro atoms. The number of halogens is 1.